The van der Waals surface area contributed by atoms with Gasteiger partial charge in [0.15, 0.2) is 0 Å². The van der Waals surface area contributed by atoms with Crippen molar-refractivity contribution < 1.29 is 9.53 Å². The lowest BCUT2D eigenvalue weighted by Gasteiger charge is -2.27. The first-order chi connectivity index (χ1) is 14.2. The molecule has 1 amide bonds. The van der Waals surface area contributed by atoms with Crippen LogP contribution >= 0.6 is 0 Å². The average Bonchev–Trinajstić information content (AvgIpc) is 2.78. The van der Waals surface area contributed by atoms with Crippen LogP contribution in [0.2, 0.25) is 0 Å². The van der Waals surface area contributed by atoms with Crippen molar-refractivity contribution in [1.29, 1.82) is 0 Å². The van der Waals surface area contributed by atoms with Gasteiger partial charge in [0.25, 0.3) is 5.91 Å². The van der Waals surface area contributed by atoms with E-state index in [-0.39, 0.29) is 5.91 Å². The summed E-state index contributed by atoms with van der Waals surface area (Å²) in [5, 5.41) is 3.08. The number of amides is 1. The first kappa shape index (κ1) is 21.5. The van der Waals surface area contributed by atoms with Crippen molar-refractivity contribution in [2.75, 3.05) is 39.4 Å². The van der Waals surface area contributed by atoms with E-state index in [1.165, 1.54) is 16.7 Å². The lowest BCUT2D eigenvalue weighted by molar-refractivity contribution is 0.0340. The van der Waals surface area contributed by atoms with Gasteiger partial charge in [0, 0.05) is 38.3 Å². The summed E-state index contributed by atoms with van der Waals surface area (Å²) in [7, 11) is 0. The molecule has 3 rings (SSSR count). The molecule has 0 aliphatic carbocycles. The molecular weight excluding hydrogens is 362 g/mol. The molecule has 1 aliphatic heterocycles. The minimum Gasteiger partial charge on any atom is -0.379 e. The molecule has 0 aromatic heterocycles. The van der Waals surface area contributed by atoms with Gasteiger partial charge in [-0.25, -0.2) is 0 Å². The van der Waals surface area contributed by atoms with Crippen molar-refractivity contribution in [3.05, 3.63) is 70.8 Å². The van der Waals surface area contributed by atoms with E-state index in [1.807, 2.05) is 18.2 Å². The van der Waals surface area contributed by atoms with Crippen molar-refractivity contribution in [3.63, 3.8) is 0 Å². The first-order valence-corrected chi connectivity index (χ1v) is 10.7. The Balaban J connectivity index is 1.56. The Labute approximate surface area is 174 Å². The van der Waals surface area contributed by atoms with Crippen LogP contribution in [0.3, 0.4) is 0 Å². The van der Waals surface area contributed by atoms with E-state index in [4.69, 9.17) is 4.74 Å². The van der Waals surface area contributed by atoms with Gasteiger partial charge in [-0.3, -0.25) is 14.6 Å². The second kappa shape index (κ2) is 11.1. The number of carbonyl (C=O) groups is 1. The van der Waals surface area contributed by atoms with Crippen molar-refractivity contribution in [2.45, 2.75) is 33.5 Å². The van der Waals surface area contributed by atoms with Crippen LogP contribution in [-0.2, 0) is 24.4 Å². The van der Waals surface area contributed by atoms with Crippen LogP contribution in [-0.4, -0.2) is 55.1 Å². The molecule has 1 heterocycles. The maximum atomic E-state index is 12.6. The standard InChI is InChI=1S/C24H33N3O2/c1-3-26(4-2)18-20-9-11-21(12-10-20)24(28)25-17-22-7-5-6-8-23(22)19-27-13-15-29-16-14-27/h5-12H,3-4,13-19H2,1-2H3,(H,25,28). The minimum atomic E-state index is -0.0273. The monoisotopic (exact) mass is 395 g/mol. The number of morpholine rings is 1. The Morgan fingerprint density at radius 2 is 1.66 bits per heavy atom. The highest BCUT2D eigenvalue weighted by atomic mass is 16.5. The second-order valence-corrected chi connectivity index (χ2v) is 7.50. The van der Waals surface area contributed by atoms with Gasteiger partial charge in [0.1, 0.15) is 0 Å². The molecule has 1 saturated heterocycles. The van der Waals surface area contributed by atoms with Gasteiger partial charge in [-0.1, -0.05) is 50.2 Å². The third-order valence-corrected chi connectivity index (χ3v) is 5.57. The Kier molecular flexibility index (Phi) is 8.23. The molecule has 2 aromatic rings. The summed E-state index contributed by atoms with van der Waals surface area (Å²) in [6, 6.07) is 16.3. The number of nitrogens with zero attached hydrogens (tertiary/aromatic N) is 2. The Morgan fingerprint density at radius 1 is 1.00 bits per heavy atom. The topological polar surface area (TPSA) is 44.8 Å². The van der Waals surface area contributed by atoms with E-state index in [9.17, 15) is 4.79 Å². The fourth-order valence-electron chi connectivity index (χ4n) is 3.63. The lowest BCUT2D eigenvalue weighted by Crippen LogP contribution is -2.36. The van der Waals surface area contributed by atoms with Gasteiger partial charge < -0.3 is 10.1 Å². The molecule has 1 N–H and O–H groups in total. The SMILES string of the molecule is CCN(CC)Cc1ccc(C(=O)NCc2ccccc2CN2CCOCC2)cc1. The summed E-state index contributed by atoms with van der Waals surface area (Å²) in [6.07, 6.45) is 0. The number of nitrogens with one attached hydrogen (secondary N) is 1. The summed E-state index contributed by atoms with van der Waals surface area (Å²) >= 11 is 0. The molecule has 2 aromatic carbocycles. The van der Waals surface area contributed by atoms with E-state index in [0.29, 0.717) is 12.1 Å². The maximum absolute atomic E-state index is 12.6. The number of hydrogen-bond acceptors (Lipinski definition) is 4. The van der Waals surface area contributed by atoms with Crippen molar-refractivity contribution in [3.8, 4) is 0 Å². The molecule has 29 heavy (non-hydrogen) atoms. The number of hydrogen-bond donors (Lipinski definition) is 1. The van der Waals surface area contributed by atoms with Crippen LogP contribution in [0.15, 0.2) is 48.5 Å². The van der Waals surface area contributed by atoms with E-state index >= 15 is 0 Å². The van der Waals surface area contributed by atoms with E-state index < -0.39 is 0 Å². The molecule has 5 nitrogen and oxygen atoms in total. The lowest BCUT2D eigenvalue weighted by atomic mass is 10.1. The predicted molar refractivity (Wildman–Crippen MR) is 117 cm³/mol. The Hall–Kier alpha value is -2.21. The molecule has 0 radical (unpaired) electrons. The molecular formula is C24H33N3O2. The molecule has 5 heteroatoms. The quantitative estimate of drug-likeness (QED) is 0.708. The fraction of sp³-hybridized carbons (Fsp3) is 0.458. The van der Waals surface area contributed by atoms with Crippen LogP contribution in [0.1, 0.15) is 40.9 Å². The summed E-state index contributed by atoms with van der Waals surface area (Å²) in [6.45, 7) is 12.3. The van der Waals surface area contributed by atoms with Gasteiger partial charge in [-0.2, -0.15) is 0 Å². The van der Waals surface area contributed by atoms with Crippen molar-refractivity contribution in [1.82, 2.24) is 15.1 Å². The second-order valence-electron chi connectivity index (χ2n) is 7.50. The first-order valence-electron chi connectivity index (χ1n) is 10.7. The number of ether oxygens (including phenoxy) is 1. The third-order valence-electron chi connectivity index (χ3n) is 5.57. The molecule has 0 saturated carbocycles. The van der Waals surface area contributed by atoms with Crippen LogP contribution < -0.4 is 5.32 Å². The van der Waals surface area contributed by atoms with Crippen molar-refractivity contribution >= 4 is 5.91 Å². The third kappa shape index (κ3) is 6.39. The molecule has 1 aliphatic rings. The molecule has 156 valence electrons. The number of benzene rings is 2. The molecule has 0 bridgehead atoms. The van der Waals surface area contributed by atoms with E-state index in [2.05, 4.69) is 59.3 Å². The maximum Gasteiger partial charge on any atom is 0.251 e. The smallest absolute Gasteiger partial charge is 0.251 e. The van der Waals surface area contributed by atoms with Crippen LogP contribution in [0, 0.1) is 0 Å². The average molecular weight is 396 g/mol. The zero-order valence-electron chi connectivity index (χ0n) is 17.7. The largest absolute Gasteiger partial charge is 0.379 e. The minimum absolute atomic E-state index is 0.0273. The zero-order chi connectivity index (χ0) is 20.5. The van der Waals surface area contributed by atoms with Gasteiger partial charge in [0.2, 0.25) is 0 Å². The number of rotatable bonds is 9. The molecule has 0 atom stereocenters. The van der Waals surface area contributed by atoms with E-state index in [0.717, 1.165) is 52.5 Å². The normalized spacial score (nSPS) is 14.9. The van der Waals surface area contributed by atoms with Crippen LogP contribution in [0.25, 0.3) is 0 Å². The molecule has 0 unspecified atom stereocenters. The fourth-order valence-corrected chi connectivity index (χ4v) is 3.63. The van der Waals surface area contributed by atoms with Gasteiger partial charge >= 0.3 is 0 Å². The summed E-state index contributed by atoms with van der Waals surface area (Å²) < 4.78 is 5.44. The highest BCUT2D eigenvalue weighted by Gasteiger charge is 2.13. The molecule has 0 spiro atoms. The van der Waals surface area contributed by atoms with Gasteiger partial charge in [0.05, 0.1) is 13.2 Å². The van der Waals surface area contributed by atoms with Gasteiger partial charge in [-0.05, 0) is 41.9 Å². The highest BCUT2D eigenvalue weighted by molar-refractivity contribution is 5.94. The highest BCUT2D eigenvalue weighted by Crippen LogP contribution is 2.14. The van der Waals surface area contributed by atoms with E-state index in [1.54, 1.807) is 0 Å². The predicted octanol–water partition coefficient (Wildman–Crippen LogP) is 3.29. The van der Waals surface area contributed by atoms with Crippen LogP contribution in [0.4, 0.5) is 0 Å². The molecule has 1 fully saturated rings. The summed E-state index contributed by atoms with van der Waals surface area (Å²) in [5.41, 5.74) is 4.38. The Morgan fingerprint density at radius 3 is 2.31 bits per heavy atom. The number of carbonyl (C=O) groups excluding carboxylic acids is 1. The zero-order valence-corrected chi connectivity index (χ0v) is 17.7. The van der Waals surface area contributed by atoms with Crippen LogP contribution in [0.5, 0.6) is 0 Å². The summed E-state index contributed by atoms with van der Waals surface area (Å²) in [4.78, 5) is 17.4. The van der Waals surface area contributed by atoms with Crippen molar-refractivity contribution in [2.24, 2.45) is 0 Å². The Bertz CT molecular complexity index is 766. The summed E-state index contributed by atoms with van der Waals surface area (Å²) in [5.74, 6) is -0.0273. The van der Waals surface area contributed by atoms with Gasteiger partial charge in [-0.15, -0.1) is 0 Å².